The first-order chi connectivity index (χ1) is 13.2. The highest BCUT2D eigenvalue weighted by molar-refractivity contribution is 6.04. The van der Waals surface area contributed by atoms with E-state index < -0.39 is 11.9 Å². The molecule has 0 amide bonds. The number of carbonyl (C=O) groups excluding carboxylic acids is 2. The van der Waals surface area contributed by atoms with Gasteiger partial charge in [-0.25, -0.2) is 9.59 Å². The molecule has 1 heterocycles. The van der Waals surface area contributed by atoms with E-state index in [1.54, 1.807) is 13.8 Å². The smallest absolute Gasteiger partial charge is 0.355 e. The van der Waals surface area contributed by atoms with Gasteiger partial charge in [0.2, 0.25) is 0 Å². The van der Waals surface area contributed by atoms with E-state index in [-0.39, 0.29) is 25.0 Å². The van der Waals surface area contributed by atoms with Crippen LogP contribution >= 0.6 is 0 Å². The van der Waals surface area contributed by atoms with Crippen molar-refractivity contribution in [1.82, 2.24) is 0 Å². The van der Waals surface area contributed by atoms with Crippen LogP contribution in [0.5, 0.6) is 0 Å². The van der Waals surface area contributed by atoms with Crippen molar-refractivity contribution < 1.29 is 19.1 Å². The van der Waals surface area contributed by atoms with E-state index in [9.17, 15) is 9.59 Å². The van der Waals surface area contributed by atoms with Crippen molar-refractivity contribution in [2.24, 2.45) is 0 Å². The van der Waals surface area contributed by atoms with E-state index in [1.807, 2.05) is 65.6 Å². The summed E-state index contributed by atoms with van der Waals surface area (Å²) >= 11 is 0. The van der Waals surface area contributed by atoms with E-state index in [1.165, 1.54) is 0 Å². The average Bonchev–Trinajstić information content (AvgIpc) is 3.10. The highest BCUT2D eigenvalue weighted by Crippen LogP contribution is 2.43. The standard InChI is InChI=1S/C22H23NO4/c1-3-26-21(24)18-15-19(16-11-7-5-8-12-16)23(17-13-9-6-10-14-17)20(18)22(25)27-4-2/h5-14,19H,3-4,15H2,1-2H3. The monoisotopic (exact) mass is 365 g/mol. The van der Waals surface area contributed by atoms with Gasteiger partial charge in [0.25, 0.3) is 0 Å². The Morgan fingerprint density at radius 1 is 0.889 bits per heavy atom. The van der Waals surface area contributed by atoms with Crippen molar-refractivity contribution in [1.29, 1.82) is 0 Å². The van der Waals surface area contributed by atoms with Crippen LogP contribution in [0.15, 0.2) is 71.9 Å². The van der Waals surface area contributed by atoms with Crippen LogP contribution in [-0.4, -0.2) is 25.2 Å². The number of para-hydroxylation sites is 1. The van der Waals surface area contributed by atoms with E-state index in [4.69, 9.17) is 9.47 Å². The maximum atomic E-state index is 12.8. The molecule has 0 bridgehead atoms. The molecular formula is C22H23NO4. The highest BCUT2D eigenvalue weighted by Gasteiger charge is 2.41. The minimum atomic E-state index is -0.511. The predicted molar refractivity (Wildman–Crippen MR) is 103 cm³/mol. The summed E-state index contributed by atoms with van der Waals surface area (Å²) in [7, 11) is 0. The molecule has 2 aromatic rings. The van der Waals surface area contributed by atoms with Crippen LogP contribution in [0.1, 0.15) is 31.9 Å². The molecule has 1 aliphatic rings. The third-order valence-corrected chi connectivity index (χ3v) is 4.45. The molecule has 3 rings (SSSR count). The summed E-state index contributed by atoms with van der Waals surface area (Å²) in [6.45, 7) is 3.98. The summed E-state index contributed by atoms with van der Waals surface area (Å²) in [5.41, 5.74) is 2.46. The molecule has 140 valence electrons. The van der Waals surface area contributed by atoms with Gasteiger partial charge in [-0.2, -0.15) is 0 Å². The van der Waals surface area contributed by atoms with Crippen LogP contribution in [0.4, 0.5) is 5.69 Å². The largest absolute Gasteiger partial charge is 0.463 e. The minimum absolute atomic E-state index is 0.188. The molecule has 1 aliphatic heterocycles. The Kier molecular flexibility index (Phi) is 5.91. The average molecular weight is 365 g/mol. The lowest BCUT2D eigenvalue weighted by Gasteiger charge is -2.29. The summed E-state index contributed by atoms with van der Waals surface area (Å²) in [5.74, 6) is -0.984. The SMILES string of the molecule is CCOC(=O)C1=C(C(=O)OCC)N(c2ccccc2)C(c2ccccc2)C1. The number of anilines is 1. The van der Waals surface area contributed by atoms with Gasteiger partial charge < -0.3 is 14.4 Å². The third kappa shape index (κ3) is 3.87. The zero-order valence-electron chi connectivity index (χ0n) is 15.6. The first-order valence-corrected chi connectivity index (χ1v) is 9.14. The molecule has 0 N–H and O–H groups in total. The lowest BCUT2D eigenvalue weighted by molar-refractivity contribution is -0.141. The zero-order valence-corrected chi connectivity index (χ0v) is 15.6. The molecule has 0 saturated heterocycles. The molecule has 2 aromatic carbocycles. The van der Waals surface area contributed by atoms with Crippen LogP contribution in [-0.2, 0) is 19.1 Å². The first-order valence-electron chi connectivity index (χ1n) is 9.14. The predicted octanol–water partition coefficient (Wildman–Crippen LogP) is 4.02. The summed E-state index contributed by atoms with van der Waals surface area (Å²) in [6.07, 6.45) is 0.381. The Labute approximate surface area is 159 Å². The number of hydrogen-bond donors (Lipinski definition) is 0. The molecule has 0 spiro atoms. The molecule has 5 heteroatoms. The molecule has 1 unspecified atom stereocenters. The fraction of sp³-hybridized carbons (Fsp3) is 0.273. The quantitative estimate of drug-likeness (QED) is 0.724. The summed E-state index contributed by atoms with van der Waals surface area (Å²) in [6, 6.07) is 19.2. The van der Waals surface area contributed by atoms with E-state index >= 15 is 0 Å². The van der Waals surface area contributed by atoms with E-state index in [2.05, 4.69) is 0 Å². The van der Waals surface area contributed by atoms with Crippen LogP contribution in [0.25, 0.3) is 0 Å². The number of benzene rings is 2. The van der Waals surface area contributed by atoms with Gasteiger partial charge in [0.1, 0.15) is 5.70 Å². The van der Waals surface area contributed by atoms with Gasteiger partial charge in [0.15, 0.2) is 0 Å². The summed E-state index contributed by atoms with van der Waals surface area (Å²) in [4.78, 5) is 27.3. The fourth-order valence-corrected chi connectivity index (χ4v) is 3.34. The van der Waals surface area contributed by atoms with Crippen molar-refractivity contribution >= 4 is 17.6 Å². The van der Waals surface area contributed by atoms with Crippen LogP contribution in [0, 0.1) is 0 Å². The fourth-order valence-electron chi connectivity index (χ4n) is 3.34. The van der Waals surface area contributed by atoms with Gasteiger partial charge in [-0.1, -0.05) is 48.5 Å². The van der Waals surface area contributed by atoms with Gasteiger partial charge >= 0.3 is 11.9 Å². The van der Waals surface area contributed by atoms with Gasteiger partial charge in [-0.05, 0) is 31.5 Å². The van der Waals surface area contributed by atoms with Crippen molar-refractivity contribution in [3.8, 4) is 0 Å². The maximum absolute atomic E-state index is 12.8. The molecule has 5 nitrogen and oxygen atoms in total. The lowest BCUT2D eigenvalue weighted by Crippen LogP contribution is -2.29. The Bertz CT molecular complexity index is 830. The third-order valence-electron chi connectivity index (χ3n) is 4.45. The number of carbonyl (C=O) groups is 2. The van der Waals surface area contributed by atoms with Crippen molar-refractivity contribution in [2.75, 3.05) is 18.1 Å². The maximum Gasteiger partial charge on any atom is 0.355 e. The normalized spacial score (nSPS) is 16.4. The zero-order chi connectivity index (χ0) is 19.2. The van der Waals surface area contributed by atoms with Crippen molar-refractivity contribution in [3.63, 3.8) is 0 Å². The molecule has 27 heavy (non-hydrogen) atoms. The van der Waals surface area contributed by atoms with Gasteiger partial charge in [0, 0.05) is 12.1 Å². The lowest BCUT2D eigenvalue weighted by atomic mass is 10.0. The molecule has 0 aromatic heterocycles. The molecule has 0 radical (unpaired) electrons. The second kappa shape index (κ2) is 8.54. The number of nitrogens with zero attached hydrogens (tertiary/aromatic N) is 1. The molecule has 0 fully saturated rings. The summed E-state index contributed by atoms with van der Waals surface area (Å²) in [5, 5.41) is 0. The highest BCUT2D eigenvalue weighted by atomic mass is 16.5. The Hall–Kier alpha value is -3.08. The molecule has 0 saturated carbocycles. The summed E-state index contributed by atoms with van der Waals surface area (Å²) < 4.78 is 10.5. The van der Waals surface area contributed by atoms with E-state index in [0.29, 0.717) is 12.0 Å². The van der Waals surface area contributed by atoms with E-state index in [0.717, 1.165) is 11.3 Å². The topological polar surface area (TPSA) is 55.8 Å². The minimum Gasteiger partial charge on any atom is -0.463 e. The Morgan fingerprint density at radius 3 is 2.04 bits per heavy atom. The van der Waals surface area contributed by atoms with Crippen LogP contribution in [0.3, 0.4) is 0 Å². The molecular weight excluding hydrogens is 342 g/mol. The van der Waals surface area contributed by atoms with Crippen LogP contribution < -0.4 is 4.90 Å². The van der Waals surface area contributed by atoms with Crippen molar-refractivity contribution in [3.05, 3.63) is 77.5 Å². The first kappa shape index (κ1) is 18.7. The number of ether oxygens (including phenoxy) is 2. The second-order valence-electron chi connectivity index (χ2n) is 6.10. The van der Waals surface area contributed by atoms with Gasteiger partial charge in [0.05, 0.1) is 24.8 Å². The number of hydrogen-bond acceptors (Lipinski definition) is 5. The number of rotatable bonds is 6. The van der Waals surface area contributed by atoms with Gasteiger partial charge in [-0.15, -0.1) is 0 Å². The van der Waals surface area contributed by atoms with Gasteiger partial charge in [-0.3, -0.25) is 0 Å². The van der Waals surface area contributed by atoms with Crippen LogP contribution in [0.2, 0.25) is 0 Å². The van der Waals surface area contributed by atoms with Crippen molar-refractivity contribution in [2.45, 2.75) is 26.3 Å². The second-order valence-corrected chi connectivity index (χ2v) is 6.10. The molecule has 1 atom stereocenters. The molecule has 0 aliphatic carbocycles. The Morgan fingerprint density at radius 2 is 1.44 bits per heavy atom. The Balaban J connectivity index is 2.14. The number of esters is 2.